The molecular formula is C9H10KO4. The Kier molecular flexibility index (Phi) is 7.21. The number of ether oxygens (including phenoxy) is 2. The third kappa shape index (κ3) is 4.97. The first-order chi connectivity index (χ1) is 6.22. The summed E-state index contributed by atoms with van der Waals surface area (Å²) >= 11 is 0. The van der Waals surface area contributed by atoms with Crippen LogP contribution in [0.1, 0.15) is 0 Å². The number of aliphatic carboxylic acids is 1. The SMILES string of the molecule is COc1ccc(OCC(=O)O)cc1.[K]. The predicted octanol–water partition coefficient (Wildman–Crippen LogP) is 0.778. The predicted molar refractivity (Wildman–Crippen MR) is 51.9 cm³/mol. The van der Waals surface area contributed by atoms with Crippen molar-refractivity contribution < 1.29 is 19.4 Å². The van der Waals surface area contributed by atoms with Gasteiger partial charge in [-0.05, 0) is 24.3 Å². The van der Waals surface area contributed by atoms with E-state index < -0.39 is 5.97 Å². The van der Waals surface area contributed by atoms with Gasteiger partial charge >= 0.3 is 5.97 Å². The second-order valence-electron chi connectivity index (χ2n) is 2.36. The molecule has 0 fully saturated rings. The van der Waals surface area contributed by atoms with Gasteiger partial charge in [0.1, 0.15) is 11.5 Å². The van der Waals surface area contributed by atoms with Gasteiger partial charge in [0.05, 0.1) is 7.11 Å². The average Bonchev–Trinajstić information content (AvgIpc) is 2.15. The van der Waals surface area contributed by atoms with Crippen LogP contribution in [0.15, 0.2) is 24.3 Å². The molecule has 0 aliphatic carbocycles. The van der Waals surface area contributed by atoms with Crippen molar-refractivity contribution >= 4 is 57.4 Å². The molecule has 1 N–H and O–H groups in total. The van der Waals surface area contributed by atoms with Gasteiger partial charge in [-0.15, -0.1) is 0 Å². The minimum absolute atomic E-state index is 0. The molecule has 0 saturated heterocycles. The number of methoxy groups -OCH3 is 1. The van der Waals surface area contributed by atoms with E-state index in [1.54, 1.807) is 31.4 Å². The van der Waals surface area contributed by atoms with Gasteiger partial charge in [-0.25, -0.2) is 4.79 Å². The molecule has 1 radical (unpaired) electrons. The van der Waals surface area contributed by atoms with E-state index in [2.05, 4.69) is 0 Å². The summed E-state index contributed by atoms with van der Waals surface area (Å²) in [4.78, 5) is 10.1. The fourth-order valence-electron chi connectivity index (χ4n) is 0.817. The van der Waals surface area contributed by atoms with Crippen molar-refractivity contribution in [3.63, 3.8) is 0 Å². The van der Waals surface area contributed by atoms with Gasteiger partial charge in [0, 0.05) is 51.4 Å². The van der Waals surface area contributed by atoms with Gasteiger partial charge in [-0.2, -0.15) is 0 Å². The molecule has 0 unspecified atom stereocenters. The maximum Gasteiger partial charge on any atom is 0.341 e. The molecule has 1 aromatic carbocycles. The molecule has 5 heteroatoms. The molecule has 0 amide bonds. The number of rotatable bonds is 4. The maximum absolute atomic E-state index is 10.1. The normalized spacial score (nSPS) is 8.64. The number of hydrogen-bond acceptors (Lipinski definition) is 3. The van der Waals surface area contributed by atoms with Crippen LogP contribution in [0.5, 0.6) is 11.5 Å². The van der Waals surface area contributed by atoms with E-state index in [9.17, 15) is 4.79 Å². The number of hydrogen-bond donors (Lipinski definition) is 1. The average molecular weight is 221 g/mol. The fraction of sp³-hybridized carbons (Fsp3) is 0.222. The molecule has 0 aliphatic rings. The Hall–Kier alpha value is -0.0736. The summed E-state index contributed by atoms with van der Waals surface area (Å²) in [5, 5.41) is 8.33. The molecule has 14 heavy (non-hydrogen) atoms. The van der Waals surface area contributed by atoms with E-state index >= 15 is 0 Å². The molecule has 0 atom stereocenters. The Bertz CT molecular complexity index is 283. The van der Waals surface area contributed by atoms with E-state index in [0.717, 1.165) is 0 Å². The van der Waals surface area contributed by atoms with Crippen LogP contribution in [0.2, 0.25) is 0 Å². The van der Waals surface area contributed by atoms with E-state index in [1.807, 2.05) is 0 Å². The number of benzene rings is 1. The molecule has 0 saturated carbocycles. The summed E-state index contributed by atoms with van der Waals surface area (Å²) in [6.45, 7) is -0.327. The second-order valence-corrected chi connectivity index (χ2v) is 2.36. The smallest absolute Gasteiger partial charge is 0.341 e. The maximum atomic E-state index is 10.1. The molecule has 0 spiro atoms. The van der Waals surface area contributed by atoms with Crippen molar-refractivity contribution in [2.45, 2.75) is 0 Å². The molecule has 4 nitrogen and oxygen atoms in total. The summed E-state index contributed by atoms with van der Waals surface area (Å²) in [5.41, 5.74) is 0. The van der Waals surface area contributed by atoms with Gasteiger partial charge in [0.25, 0.3) is 0 Å². The van der Waals surface area contributed by atoms with Crippen LogP contribution in [0.25, 0.3) is 0 Å². The quantitative estimate of drug-likeness (QED) is 0.763. The summed E-state index contributed by atoms with van der Waals surface area (Å²) < 4.78 is 9.83. The fourth-order valence-corrected chi connectivity index (χ4v) is 0.817. The Balaban J connectivity index is 0.00000169. The first kappa shape index (κ1) is 13.9. The number of carboxylic acids is 1. The first-order valence-corrected chi connectivity index (χ1v) is 3.71. The Labute approximate surface area is 125 Å². The standard InChI is InChI=1S/C9H10O4.K/c1-12-7-2-4-8(5-3-7)13-6-9(10)11;/h2-5H,6H2,1H3,(H,10,11);. The van der Waals surface area contributed by atoms with Crippen LogP contribution in [-0.2, 0) is 4.79 Å². The summed E-state index contributed by atoms with van der Waals surface area (Å²) in [5.74, 6) is 0.238. The minimum Gasteiger partial charge on any atom is -0.497 e. The Morgan fingerprint density at radius 2 is 1.79 bits per heavy atom. The second kappa shape index (κ2) is 7.25. The number of carbonyl (C=O) groups is 1. The van der Waals surface area contributed by atoms with E-state index in [4.69, 9.17) is 14.6 Å². The zero-order valence-corrected chi connectivity index (χ0v) is 11.3. The third-order valence-electron chi connectivity index (χ3n) is 1.42. The molecule has 0 heterocycles. The van der Waals surface area contributed by atoms with Crippen LogP contribution in [0.3, 0.4) is 0 Å². The first-order valence-electron chi connectivity index (χ1n) is 3.71. The Morgan fingerprint density at radius 3 is 2.21 bits per heavy atom. The Morgan fingerprint density at radius 1 is 1.29 bits per heavy atom. The molecule has 1 rings (SSSR count). The van der Waals surface area contributed by atoms with Crippen LogP contribution in [0.4, 0.5) is 0 Å². The minimum atomic E-state index is -0.990. The van der Waals surface area contributed by atoms with Gasteiger partial charge in [-0.1, -0.05) is 0 Å². The largest absolute Gasteiger partial charge is 0.497 e. The van der Waals surface area contributed by atoms with Crippen molar-refractivity contribution in [2.24, 2.45) is 0 Å². The van der Waals surface area contributed by atoms with E-state index in [-0.39, 0.29) is 58.0 Å². The zero-order chi connectivity index (χ0) is 9.68. The van der Waals surface area contributed by atoms with Crippen molar-refractivity contribution in [3.05, 3.63) is 24.3 Å². The van der Waals surface area contributed by atoms with Crippen molar-refractivity contribution in [3.8, 4) is 11.5 Å². The van der Waals surface area contributed by atoms with Crippen molar-refractivity contribution in [1.29, 1.82) is 0 Å². The van der Waals surface area contributed by atoms with E-state index in [0.29, 0.717) is 11.5 Å². The summed E-state index contributed by atoms with van der Waals surface area (Å²) in [6, 6.07) is 6.72. The molecular weight excluding hydrogens is 211 g/mol. The molecule has 71 valence electrons. The van der Waals surface area contributed by atoms with Crippen LogP contribution >= 0.6 is 0 Å². The zero-order valence-electron chi connectivity index (χ0n) is 8.19. The van der Waals surface area contributed by atoms with E-state index in [1.165, 1.54) is 0 Å². The summed E-state index contributed by atoms with van der Waals surface area (Å²) in [7, 11) is 1.56. The van der Waals surface area contributed by atoms with Crippen molar-refractivity contribution in [1.82, 2.24) is 0 Å². The van der Waals surface area contributed by atoms with Crippen molar-refractivity contribution in [2.75, 3.05) is 13.7 Å². The molecule has 1 aromatic rings. The van der Waals surface area contributed by atoms with Crippen LogP contribution < -0.4 is 9.47 Å². The van der Waals surface area contributed by atoms with Gasteiger partial charge in [-0.3, -0.25) is 0 Å². The monoisotopic (exact) mass is 221 g/mol. The van der Waals surface area contributed by atoms with Crippen LogP contribution in [-0.4, -0.2) is 76.2 Å². The van der Waals surface area contributed by atoms with Crippen LogP contribution in [0, 0.1) is 0 Å². The number of carboxylic acid groups (broad SMARTS) is 1. The molecule has 0 bridgehead atoms. The van der Waals surface area contributed by atoms with Gasteiger partial charge in [0.15, 0.2) is 6.61 Å². The molecule has 0 aromatic heterocycles. The van der Waals surface area contributed by atoms with Gasteiger partial charge < -0.3 is 14.6 Å². The summed E-state index contributed by atoms with van der Waals surface area (Å²) in [6.07, 6.45) is 0. The molecule has 0 aliphatic heterocycles. The van der Waals surface area contributed by atoms with Gasteiger partial charge in [0.2, 0.25) is 0 Å². The third-order valence-corrected chi connectivity index (χ3v) is 1.42. The topological polar surface area (TPSA) is 55.8 Å².